The van der Waals surface area contributed by atoms with Gasteiger partial charge in [-0.2, -0.15) is 0 Å². The Morgan fingerprint density at radius 2 is 1.86 bits per heavy atom. The molecule has 80 valence electrons. The zero-order valence-electron chi connectivity index (χ0n) is 7.67. The van der Waals surface area contributed by atoms with E-state index in [1.807, 2.05) is 0 Å². The molecule has 0 radical (unpaired) electrons. The summed E-state index contributed by atoms with van der Waals surface area (Å²) in [6, 6.07) is 0.145. The van der Waals surface area contributed by atoms with Crippen LogP contribution in [-0.2, 0) is 0 Å². The van der Waals surface area contributed by atoms with Gasteiger partial charge in [0, 0.05) is 6.04 Å². The number of carboxylic acid groups (broad SMARTS) is 1. The van der Waals surface area contributed by atoms with Crippen LogP contribution in [0, 0.1) is 5.92 Å². The first-order valence-corrected chi connectivity index (χ1v) is 6.19. The molecule has 0 aromatic rings. The van der Waals surface area contributed by atoms with Gasteiger partial charge in [0.2, 0.25) is 0 Å². The molecule has 0 aromatic carbocycles. The third kappa shape index (κ3) is 4.46. The molecule has 1 aliphatic carbocycles. The Morgan fingerprint density at radius 1 is 1.29 bits per heavy atom. The van der Waals surface area contributed by atoms with E-state index in [1.165, 1.54) is 0 Å². The van der Waals surface area contributed by atoms with Crippen LogP contribution in [0.2, 0.25) is 0 Å². The minimum Gasteiger partial charge on any atom is -0.465 e. The van der Waals surface area contributed by atoms with Crippen molar-refractivity contribution in [3.8, 4) is 0 Å². The van der Waals surface area contributed by atoms with Crippen molar-refractivity contribution in [2.45, 2.75) is 31.7 Å². The van der Waals surface area contributed by atoms with Crippen LogP contribution in [0.4, 0.5) is 4.79 Å². The van der Waals surface area contributed by atoms with Gasteiger partial charge in [0.05, 0.1) is 3.39 Å². The Morgan fingerprint density at radius 3 is 2.29 bits per heavy atom. The molecule has 1 aliphatic rings. The summed E-state index contributed by atoms with van der Waals surface area (Å²) in [7, 11) is 0. The first-order chi connectivity index (χ1) is 6.58. The number of hydrogen-bond donors (Lipinski definition) is 2. The van der Waals surface area contributed by atoms with Crippen LogP contribution in [0.15, 0.2) is 9.47 Å². The van der Waals surface area contributed by atoms with E-state index < -0.39 is 6.09 Å². The topological polar surface area (TPSA) is 49.3 Å². The molecular formula is C9H13Br2NO2. The average molecular weight is 327 g/mol. The van der Waals surface area contributed by atoms with Crippen LogP contribution in [0.25, 0.3) is 0 Å². The van der Waals surface area contributed by atoms with E-state index in [-0.39, 0.29) is 6.04 Å². The molecule has 0 unspecified atom stereocenters. The van der Waals surface area contributed by atoms with E-state index in [0.29, 0.717) is 5.92 Å². The SMILES string of the molecule is O=C(O)NC1CCC(C=C(Br)Br)CC1. The standard InChI is InChI=1S/C9H13Br2NO2/c10-8(11)5-6-1-3-7(4-2-6)12-9(13)14/h5-7,12H,1-4H2,(H,13,14). The number of rotatable bonds is 2. The Hall–Kier alpha value is -0.0300. The van der Waals surface area contributed by atoms with Crippen molar-refractivity contribution in [2.24, 2.45) is 5.92 Å². The van der Waals surface area contributed by atoms with Gasteiger partial charge < -0.3 is 10.4 Å². The van der Waals surface area contributed by atoms with E-state index in [1.54, 1.807) is 0 Å². The van der Waals surface area contributed by atoms with Gasteiger partial charge >= 0.3 is 6.09 Å². The van der Waals surface area contributed by atoms with Crippen LogP contribution >= 0.6 is 31.9 Å². The number of carbonyl (C=O) groups is 1. The zero-order chi connectivity index (χ0) is 10.6. The fourth-order valence-electron chi connectivity index (χ4n) is 1.78. The predicted octanol–water partition coefficient (Wildman–Crippen LogP) is 3.44. The van der Waals surface area contributed by atoms with Gasteiger partial charge in [0.15, 0.2) is 0 Å². The number of hydrogen-bond acceptors (Lipinski definition) is 1. The second-order valence-electron chi connectivity index (χ2n) is 3.52. The second kappa shape index (κ2) is 5.75. The third-order valence-electron chi connectivity index (χ3n) is 2.46. The predicted molar refractivity (Wildman–Crippen MR) is 62.8 cm³/mol. The average Bonchev–Trinajstić information content (AvgIpc) is 2.06. The molecule has 1 amide bonds. The summed E-state index contributed by atoms with van der Waals surface area (Å²) in [4.78, 5) is 10.4. The summed E-state index contributed by atoms with van der Waals surface area (Å²) in [5, 5.41) is 11.1. The van der Waals surface area contributed by atoms with Gasteiger partial charge in [-0.25, -0.2) is 4.79 Å². The molecule has 5 heteroatoms. The van der Waals surface area contributed by atoms with E-state index in [2.05, 4.69) is 43.3 Å². The number of amides is 1. The largest absolute Gasteiger partial charge is 0.465 e. The highest BCUT2D eigenvalue weighted by Crippen LogP contribution is 2.28. The molecule has 14 heavy (non-hydrogen) atoms. The van der Waals surface area contributed by atoms with E-state index >= 15 is 0 Å². The van der Waals surface area contributed by atoms with Crippen LogP contribution in [0.3, 0.4) is 0 Å². The van der Waals surface area contributed by atoms with Crippen molar-refractivity contribution in [2.75, 3.05) is 0 Å². The van der Waals surface area contributed by atoms with Gasteiger partial charge in [0.25, 0.3) is 0 Å². The molecule has 0 aromatic heterocycles. The highest BCUT2D eigenvalue weighted by atomic mass is 79.9. The lowest BCUT2D eigenvalue weighted by Gasteiger charge is -2.26. The van der Waals surface area contributed by atoms with Crippen molar-refractivity contribution < 1.29 is 9.90 Å². The smallest absolute Gasteiger partial charge is 0.404 e. The van der Waals surface area contributed by atoms with Gasteiger partial charge in [-0.15, -0.1) is 0 Å². The molecule has 0 heterocycles. The summed E-state index contributed by atoms with van der Waals surface area (Å²) < 4.78 is 0.986. The van der Waals surface area contributed by atoms with E-state index in [9.17, 15) is 4.79 Å². The summed E-state index contributed by atoms with van der Waals surface area (Å²) in [6.45, 7) is 0. The molecule has 0 saturated heterocycles. The molecule has 1 saturated carbocycles. The Balaban J connectivity index is 2.31. The van der Waals surface area contributed by atoms with Crippen molar-refractivity contribution in [1.29, 1.82) is 0 Å². The lowest BCUT2D eigenvalue weighted by Crippen LogP contribution is -2.36. The summed E-state index contributed by atoms with van der Waals surface area (Å²) >= 11 is 6.67. The normalized spacial score (nSPS) is 26.7. The highest BCUT2D eigenvalue weighted by Gasteiger charge is 2.20. The second-order valence-corrected chi connectivity index (χ2v) is 6.29. The zero-order valence-corrected chi connectivity index (χ0v) is 10.8. The number of halogens is 2. The highest BCUT2D eigenvalue weighted by molar-refractivity contribution is 9.28. The monoisotopic (exact) mass is 325 g/mol. The molecule has 0 spiro atoms. The van der Waals surface area contributed by atoms with Crippen molar-refractivity contribution >= 4 is 38.0 Å². The molecule has 0 bridgehead atoms. The van der Waals surface area contributed by atoms with Crippen LogP contribution in [-0.4, -0.2) is 17.2 Å². The molecule has 1 fully saturated rings. The summed E-state index contributed by atoms with van der Waals surface area (Å²) in [6.07, 6.45) is 5.18. The fourth-order valence-corrected chi connectivity index (χ4v) is 2.53. The quantitative estimate of drug-likeness (QED) is 0.816. The maximum atomic E-state index is 10.4. The number of nitrogens with one attached hydrogen (secondary N) is 1. The first kappa shape index (κ1) is 12.0. The molecule has 0 atom stereocenters. The van der Waals surface area contributed by atoms with Crippen molar-refractivity contribution in [1.82, 2.24) is 5.32 Å². The van der Waals surface area contributed by atoms with Gasteiger partial charge in [-0.05, 0) is 63.5 Å². The number of allylic oxidation sites excluding steroid dienone is 1. The summed E-state index contributed by atoms with van der Waals surface area (Å²) in [5.74, 6) is 0.565. The molecular weight excluding hydrogens is 314 g/mol. The molecule has 3 nitrogen and oxygen atoms in total. The maximum Gasteiger partial charge on any atom is 0.404 e. The lowest BCUT2D eigenvalue weighted by molar-refractivity contribution is 0.184. The maximum absolute atomic E-state index is 10.4. The molecule has 1 rings (SSSR count). The fraction of sp³-hybridized carbons (Fsp3) is 0.667. The Labute approximate surface area is 100 Å². The molecule has 0 aliphatic heterocycles. The lowest BCUT2D eigenvalue weighted by atomic mass is 9.86. The first-order valence-electron chi connectivity index (χ1n) is 4.60. The van der Waals surface area contributed by atoms with Gasteiger partial charge in [-0.1, -0.05) is 6.08 Å². The molecule has 2 N–H and O–H groups in total. The van der Waals surface area contributed by atoms with Gasteiger partial charge in [0.1, 0.15) is 0 Å². The Kier molecular flexibility index (Phi) is 4.95. The van der Waals surface area contributed by atoms with E-state index in [4.69, 9.17) is 5.11 Å². The van der Waals surface area contributed by atoms with Gasteiger partial charge in [-0.3, -0.25) is 0 Å². The Bertz CT molecular complexity index is 231. The minimum atomic E-state index is -0.911. The summed E-state index contributed by atoms with van der Waals surface area (Å²) in [5.41, 5.74) is 0. The minimum absolute atomic E-state index is 0.145. The van der Waals surface area contributed by atoms with Crippen molar-refractivity contribution in [3.63, 3.8) is 0 Å². The van der Waals surface area contributed by atoms with Crippen LogP contribution in [0.5, 0.6) is 0 Å². The van der Waals surface area contributed by atoms with E-state index in [0.717, 1.165) is 29.1 Å². The van der Waals surface area contributed by atoms with Crippen LogP contribution in [0.1, 0.15) is 25.7 Å². The third-order valence-corrected chi connectivity index (χ3v) is 2.99. The van der Waals surface area contributed by atoms with Crippen molar-refractivity contribution in [3.05, 3.63) is 9.47 Å². The van der Waals surface area contributed by atoms with Crippen LogP contribution < -0.4 is 5.32 Å².